The molecular weight excluding hydrogens is 240 g/mol. The van der Waals surface area contributed by atoms with Gasteiger partial charge in [-0.15, -0.1) is 11.3 Å². The molecule has 0 bridgehead atoms. The van der Waals surface area contributed by atoms with Gasteiger partial charge in [0.05, 0.1) is 18.2 Å². The van der Waals surface area contributed by atoms with Crippen molar-refractivity contribution >= 4 is 28.3 Å². The van der Waals surface area contributed by atoms with Crippen LogP contribution in [0, 0.1) is 0 Å². The number of rotatable bonds is 4. The van der Waals surface area contributed by atoms with E-state index in [9.17, 15) is 9.59 Å². The average Bonchev–Trinajstić information content (AvgIpc) is 2.76. The monoisotopic (exact) mass is 254 g/mol. The fraction of sp³-hybridized carbons (Fsp3) is 0.500. The molecule has 5 N–H and O–H groups in total. The van der Waals surface area contributed by atoms with Crippen LogP contribution in [0.5, 0.6) is 0 Å². The molecule has 0 saturated heterocycles. The zero-order valence-electron chi connectivity index (χ0n) is 9.23. The zero-order valence-corrected chi connectivity index (χ0v) is 10.0. The number of aryl methyl sites for hydroxylation is 2. The Morgan fingerprint density at radius 3 is 2.88 bits per heavy atom. The summed E-state index contributed by atoms with van der Waals surface area (Å²) in [6.45, 7) is 0. The maximum absolute atomic E-state index is 11.6. The first kappa shape index (κ1) is 12.0. The highest BCUT2D eigenvalue weighted by molar-refractivity contribution is 7.15. The minimum absolute atomic E-state index is 0.156. The van der Waals surface area contributed by atoms with Crippen LogP contribution in [0.3, 0.4) is 0 Å². The number of nitrogens with zero attached hydrogens (tertiary/aromatic N) is 1. The number of hydrogen-bond donors (Lipinski definition) is 3. The number of nitrogens with two attached hydrogens (primary N) is 2. The smallest absolute Gasteiger partial charge is 0.243 e. The summed E-state index contributed by atoms with van der Waals surface area (Å²) in [5, 5.41) is 3.17. The quantitative estimate of drug-likeness (QED) is 0.689. The first-order valence-electron chi connectivity index (χ1n) is 5.39. The molecule has 0 fully saturated rings. The zero-order chi connectivity index (χ0) is 12.4. The van der Waals surface area contributed by atoms with Gasteiger partial charge in [0.15, 0.2) is 5.13 Å². The van der Waals surface area contributed by atoms with Gasteiger partial charge in [0.25, 0.3) is 0 Å². The lowest BCUT2D eigenvalue weighted by Crippen LogP contribution is -2.38. The Kier molecular flexibility index (Phi) is 3.39. The van der Waals surface area contributed by atoms with Crippen LogP contribution in [0.15, 0.2) is 0 Å². The minimum Gasteiger partial charge on any atom is -0.370 e. The SMILES string of the molecule is NC(=O)CC(N)C(=O)Nc1nc2c(s1)CCC2. The molecule has 1 heterocycles. The highest BCUT2D eigenvalue weighted by Gasteiger charge is 2.20. The maximum Gasteiger partial charge on any atom is 0.243 e. The number of amides is 2. The van der Waals surface area contributed by atoms with Gasteiger partial charge in [0, 0.05) is 4.88 Å². The molecule has 1 aromatic rings. The highest BCUT2D eigenvalue weighted by atomic mass is 32.1. The van der Waals surface area contributed by atoms with Crippen LogP contribution >= 0.6 is 11.3 Å². The first-order valence-corrected chi connectivity index (χ1v) is 6.21. The molecule has 0 radical (unpaired) electrons. The van der Waals surface area contributed by atoms with E-state index in [4.69, 9.17) is 11.5 Å². The Bertz CT molecular complexity index is 436. The summed E-state index contributed by atoms with van der Waals surface area (Å²) in [6.07, 6.45) is 2.96. The number of hydrogen-bond acceptors (Lipinski definition) is 5. The standard InChI is InChI=1S/C10H14N4O2S/c11-5(4-8(12)15)9(16)14-10-13-6-2-1-3-7(6)17-10/h5H,1-4,11H2,(H2,12,15)(H,13,14,16). The third-order valence-electron chi connectivity index (χ3n) is 2.58. The second-order valence-corrected chi connectivity index (χ2v) is 5.09. The minimum atomic E-state index is -0.911. The summed E-state index contributed by atoms with van der Waals surface area (Å²) in [5.74, 6) is -1.01. The van der Waals surface area contributed by atoms with Crippen molar-refractivity contribution in [2.24, 2.45) is 11.5 Å². The van der Waals surface area contributed by atoms with Crippen LogP contribution < -0.4 is 16.8 Å². The Morgan fingerprint density at radius 1 is 1.47 bits per heavy atom. The number of thiazole rings is 1. The number of primary amides is 1. The van der Waals surface area contributed by atoms with E-state index in [0.29, 0.717) is 5.13 Å². The second-order valence-electron chi connectivity index (χ2n) is 4.01. The van der Waals surface area contributed by atoms with Crippen LogP contribution in [-0.4, -0.2) is 22.8 Å². The molecule has 6 nitrogen and oxygen atoms in total. The highest BCUT2D eigenvalue weighted by Crippen LogP contribution is 2.30. The molecule has 0 spiro atoms. The predicted octanol–water partition coefficient (Wildman–Crippen LogP) is -0.227. The Hall–Kier alpha value is -1.47. The number of anilines is 1. The van der Waals surface area contributed by atoms with E-state index in [1.54, 1.807) is 0 Å². The molecule has 2 amide bonds. The number of carbonyl (C=O) groups excluding carboxylic acids is 2. The van der Waals surface area contributed by atoms with Crippen molar-refractivity contribution in [2.45, 2.75) is 31.7 Å². The second kappa shape index (κ2) is 4.80. The molecule has 0 aromatic carbocycles. The van der Waals surface area contributed by atoms with Crippen LogP contribution in [0.1, 0.15) is 23.4 Å². The largest absolute Gasteiger partial charge is 0.370 e. The van der Waals surface area contributed by atoms with Crippen molar-refractivity contribution in [3.63, 3.8) is 0 Å². The summed E-state index contributed by atoms with van der Waals surface area (Å²) in [6, 6.07) is -0.911. The van der Waals surface area contributed by atoms with Crippen LogP contribution in [0.2, 0.25) is 0 Å². The van der Waals surface area contributed by atoms with Crippen molar-refractivity contribution < 1.29 is 9.59 Å². The molecule has 1 unspecified atom stereocenters. The summed E-state index contributed by atoms with van der Waals surface area (Å²) < 4.78 is 0. The number of aromatic nitrogens is 1. The lowest BCUT2D eigenvalue weighted by molar-refractivity contribution is -0.123. The van der Waals surface area contributed by atoms with Gasteiger partial charge in [-0.25, -0.2) is 4.98 Å². The van der Waals surface area contributed by atoms with Gasteiger partial charge < -0.3 is 16.8 Å². The summed E-state index contributed by atoms with van der Waals surface area (Å²) >= 11 is 1.47. The van der Waals surface area contributed by atoms with Crippen molar-refractivity contribution in [3.8, 4) is 0 Å². The van der Waals surface area contributed by atoms with Crippen LogP contribution in [0.4, 0.5) is 5.13 Å². The van der Waals surface area contributed by atoms with Crippen molar-refractivity contribution in [3.05, 3.63) is 10.6 Å². The summed E-state index contributed by atoms with van der Waals surface area (Å²) in [5.41, 5.74) is 11.6. The summed E-state index contributed by atoms with van der Waals surface area (Å²) in [4.78, 5) is 27.8. The van der Waals surface area contributed by atoms with Crippen molar-refractivity contribution in [1.29, 1.82) is 0 Å². The lowest BCUT2D eigenvalue weighted by atomic mass is 10.2. The van der Waals surface area contributed by atoms with Gasteiger partial charge in [0.1, 0.15) is 0 Å². The van der Waals surface area contributed by atoms with Gasteiger partial charge >= 0.3 is 0 Å². The molecule has 92 valence electrons. The maximum atomic E-state index is 11.6. The van der Waals surface area contributed by atoms with Gasteiger partial charge in [-0.2, -0.15) is 0 Å². The van der Waals surface area contributed by atoms with E-state index in [1.165, 1.54) is 16.2 Å². The third kappa shape index (κ3) is 2.80. The van der Waals surface area contributed by atoms with Gasteiger partial charge in [-0.1, -0.05) is 0 Å². The number of fused-ring (bicyclic) bond motifs is 1. The molecule has 7 heteroatoms. The molecule has 1 atom stereocenters. The molecular formula is C10H14N4O2S. The molecule has 17 heavy (non-hydrogen) atoms. The van der Waals surface area contributed by atoms with Crippen LogP contribution in [0.25, 0.3) is 0 Å². The van der Waals surface area contributed by atoms with Gasteiger partial charge in [-0.3, -0.25) is 9.59 Å². The third-order valence-corrected chi connectivity index (χ3v) is 3.66. The molecule has 0 aliphatic heterocycles. The van der Waals surface area contributed by atoms with E-state index in [2.05, 4.69) is 10.3 Å². The number of nitrogens with one attached hydrogen (secondary N) is 1. The fourth-order valence-electron chi connectivity index (χ4n) is 1.75. The molecule has 1 aliphatic carbocycles. The average molecular weight is 254 g/mol. The van der Waals surface area contributed by atoms with E-state index in [1.807, 2.05) is 0 Å². The van der Waals surface area contributed by atoms with Crippen molar-refractivity contribution in [2.75, 3.05) is 5.32 Å². The van der Waals surface area contributed by atoms with E-state index < -0.39 is 17.9 Å². The number of carbonyl (C=O) groups is 2. The Labute approximate surface area is 102 Å². The Balaban J connectivity index is 1.96. The topological polar surface area (TPSA) is 111 Å². The van der Waals surface area contributed by atoms with Crippen molar-refractivity contribution in [1.82, 2.24) is 4.98 Å². The van der Waals surface area contributed by atoms with E-state index in [-0.39, 0.29) is 6.42 Å². The van der Waals surface area contributed by atoms with Crippen LogP contribution in [-0.2, 0) is 22.4 Å². The first-order chi connectivity index (χ1) is 8.06. The van der Waals surface area contributed by atoms with Gasteiger partial charge in [-0.05, 0) is 19.3 Å². The molecule has 1 aliphatic rings. The molecule has 2 rings (SSSR count). The summed E-state index contributed by atoms with van der Waals surface area (Å²) in [7, 11) is 0. The van der Waals surface area contributed by atoms with E-state index in [0.717, 1.165) is 25.0 Å². The predicted molar refractivity (Wildman–Crippen MR) is 64.6 cm³/mol. The Morgan fingerprint density at radius 2 is 2.24 bits per heavy atom. The fourth-order valence-corrected chi connectivity index (χ4v) is 2.80. The molecule has 1 aromatic heterocycles. The van der Waals surface area contributed by atoms with Gasteiger partial charge in [0.2, 0.25) is 11.8 Å². The lowest BCUT2D eigenvalue weighted by Gasteiger charge is -2.08. The molecule has 0 saturated carbocycles. The normalized spacial score (nSPS) is 15.4. The van der Waals surface area contributed by atoms with E-state index >= 15 is 0 Å².